The van der Waals surface area contributed by atoms with E-state index in [2.05, 4.69) is 5.32 Å². The van der Waals surface area contributed by atoms with Gasteiger partial charge in [-0.25, -0.2) is 12.8 Å². The fourth-order valence-electron chi connectivity index (χ4n) is 3.58. The van der Waals surface area contributed by atoms with Crippen LogP contribution in [0.25, 0.3) is 10.9 Å². The molecule has 174 valence electrons. The Hall–Kier alpha value is -3.49. The lowest BCUT2D eigenvalue weighted by molar-refractivity contribution is -0.116. The number of hydrogen-bond donors (Lipinski definition) is 1. The van der Waals surface area contributed by atoms with Crippen molar-refractivity contribution >= 4 is 43.9 Å². The van der Waals surface area contributed by atoms with Crippen LogP contribution in [0.2, 0.25) is 5.02 Å². The predicted octanol–water partition coefficient (Wildman–Crippen LogP) is 4.83. The van der Waals surface area contributed by atoms with E-state index >= 15 is 0 Å². The standard InChI is InChI=1S/C25H20ClFN2O4S/c1-2-16-3-8-19(9-4-16)28-24(30)15-29-14-23(25(31)21-13-18(27)7-12-22(21)29)34(32,33)20-10-5-17(26)6-11-20/h3-14H,2,15H2,1H3,(H,28,30). The van der Waals surface area contributed by atoms with E-state index in [9.17, 15) is 22.4 Å². The highest BCUT2D eigenvalue weighted by atomic mass is 35.5. The number of nitrogens with one attached hydrogen (secondary N) is 1. The lowest BCUT2D eigenvalue weighted by atomic mass is 10.1. The number of pyridine rings is 1. The third-order valence-corrected chi connectivity index (χ3v) is 7.40. The monoisotopic (exact) mass is 498 g/mol. The number of benzene rings is 3. The molecule has 0 saturated carbocycles. The lowest BCUT2D eigenvalue weighted by Crippen LogP contribution is -2.24. The van der Waals surface area contributed by atoms with Crippen molar-refractivity contribution in [2.75, 3.05) is 5.32 Å². The number of hydrogen-bond acceptors (Lipinski definition) is 4. The summed E-state index contributed by atoms with van der Waals surface area (Å²) in [5.74, 6) is -1.13. The van der Waals surface area contributed by atoms with Crippen LogP contribution in [0.1, 0.15) is 12.5 Å². The first-order valence-electron chi connectivity index (χ1n) is 10.4. The number of carbonyl (C=O) groups is 1. The van der Waals surface area contributed by atoms with Crippen LogP contribution in [-0.2, 0) is 27.6 Å². The molecule has 0 atom stereocenters. The Balaban J connectivity index is 1.78. The highest BCUT2D eigenvalue weighted by Gasteiger charge is 2.24. The van der Waals surface area contributed by atoms with E-state index in [-0.39, 0.29) is 22.3 Å². The normalized spacial score (nSPS) is 11.5. The topological polar surface area (TPSA) is 85.2 Å². The van der Waals surface area contributed by atoms with Crippen molar-refractivity contribution in [2.45, 2.75) is 29.7 Å². The molecule has 0 fully saturated rings. The zero-order valence-corrected chi connectivity index (χ0v) is 19.7. The molecule has 0 spiro atoms. The molecule has 0 aliphatic rings. The number of halogens is 2. The molecule has 1 amide bonds. The molecular weight excluding hydrogens is 479 g/mol. The molecule has 1 aromatic heterocycles. The number of amides is 1. The summed E-state index contributed by atoms with van der Waals surface area (Å²) < 4.78 is 41.8. The maximum absolute atomic E-state index is 14.0. The number of anilines is 1. The van der Waals surface area contributed by atoms with Gasteiger partial charge in [-0.15, -0.1) is 0 Å². The molecule has 1 N–H and O–H groups in total. The molecular formula is C25H20ClFN2O4S. The number of sulfone groups is 1. The summed E-state index contributed by atoms with van der Waals surface area (Å²) in [6.45, 7) is 1.73. The number of aromatic nitrogens is 1. The highest BCUT2D eigenvalue weighted by molar-refractivity contribution is 7.91. The van der Waals surface area contributed by atoms with Crippen LogP contribution in [0.15, 0.2) is 87.5 Å². The Kier molecular flexibility index (Phi) is 6.54. The fraction of sp³-hybridized carbons (Fsp3) is 0.120. The van der Waals surface area contributed by atoms with E-state index in [1.165, 1.54) is 34.9 Å². The number of carbonyl (C=O) groups excluding carboxylic acids is 1. The zero-order chi connectivity index (χ0) is 24.5. The molecule has 9 heteroatoms. The van der Waals surface area contributed by atoms with Crippen molar-refractivity contribution in [1.82, 2.24) is 4.57 Å². The SMILES string of the molecule is CCc1ccc(NC(=O)Cn2cc(S(=O)(=O)c3ccc(Cl)cc3)c(=O)c3cc(F)ccc32)cc1. The zero-order valence-electron chi connectivity index (χ0n) is 18.1. The average molecular weight is 499 g/mol. The van der Waals surface area contributed by atoms with Gasteiger partial charge in [-0.3, -0.25) is 9.59 Å². The van der Waals surface area contributed by atoms with Crippen molar-refractivity contribution in [2.24, 2.45) is 0 Å². The quantitative estimate of drug-likeness (QED) is 0.412. The van der Waals surface area contributed by atoms with Crippen molar-refractivity contribution < 1.29 is 17.6 Å². The van der Waals surface area contributed by atoms with Gasteiger partial charge in [0, 0.05) is 22.3 Å². The molecule has 4 rings (SSSR count). The molecule has 0 bridgehead atoms. The van der Waals surface area contributed by atoms with Gasteiger partial charge < -0.3 is 9.88 Å². The minimum Gasteiger partial charge on any atom is -0.336 e. The van der Waals surface area contributed by atoms with Gasteiger partial charge in [0.05, 0.1) is 10.4 Å². The van der Waals surface area contributed by atoms with E-state index in [1.54, 1.807) is 12.1 Å². The first kappa shape index (κ1) is 23.7. The van der Waals surface area contributed by atoms with E-state index in [0.717, 1.165) is 30.3 Å². The molecule has 0 radical (unpaired) electrons. The van der Waals surface area contributed by atoms with Gasteiger partial charge >= 0.3 is 0 Å². The van der Waals surface area contributed by atoms with Gasteiger partial charge in [0.2, 0.25) is 21.2 Å². The summed E-state index contributed by atoms with van der Waals surface area (Å²) in [6.07, 6.45) is 1.98. The van der Waals surface area contributed by atoms with Crippen molar-refractivity contribution in [3.05, 3.63) is 99.6 Å². The molecule has 0 saturated heterocycles. The Morgan fingerprint density at radius 3 is 2.35 bits per heavy atom. The number of nitrogens with zero attached hydrogens (tertiary/aromatic N) is 1. The maximum atomic E-state index is 14.0. The second kappa shape index (κ2) is 9.40. The molecule has 4 aromatic rings. The van der Waals surface area contributed by atoms with Gasteiger partial charge in [0.1, 0.15) is 17.3 Å². The van der Waals surface area contributed by atoms with Gasteiger partial charge in [-0.05, 0) is 66.6 Å². The molecule has 0 unspecified atom stereocenters. The fourth-order valence-corrected chi connectivity index (χ4v) is 5.08. The second-order valence-electron chi connectivity index (χ2n) is 7.67. The Bertz CT molecular complexity index is 1550. The van der Waals surface area contributed by atoms with Gasteiger partial charge in [0.25, 0.3) is 0 Å². The van der Waals surface area contributed by atoms with E-state index < -0.39 is 31.9 Å². The van der Waals surface area contributed by atoms with Crippen LogP contribution in [0.4, 0.5) is 10.1 Å². The van der Waals surface area contributed by atoms with Gasteiger partial charge in [-0.1, -0.05) is 30.7 Å². The summed E-state index contributed by atoms with van der Waals surface area (Å²) in [6, 6.07) is 16.1. The van der Waals surface area contributed by atoms with E-state index in [0.29, 0.717) is 10.7 Å². The summed E-state index contributed by atoms with van der Waals surface area (Å²) in [5.41, 5.74) is 1.07. The summed E-state index contributed by atoms with van der Waals surface area (Å²) >= 11 is 5.85. The molecule has 6 nitrogen and oxygen atoms in total. The number of rotatable bonds is 6. The summed E-state index contributed by atoms with van der Waals surface area (Å²) in [4.78, 5) is 25.1. The van der Waals surface area contributed by atoms with E-state index in [4.69, 9.17) is 11.6 Å². The van der Waals surface area contributed by atoms with Crippen molar-refractivity contribution in [3.63, 3.8) is 0 Å². The van der Waals surface area contributed by atoms with Crippen LogP contribution in [0.5, 0.6) is 0 Å². The van der Waals surface area contributed by atoms with Crippen LogP contribution in [-0.4, -0.2) is 18.9 Å². The third-order valence-electron chi connectivity index (χ3n) is 5.38. The molecule has 34 heavy (non-hydrogen) atoms. The van der Waals surface area contributed by atoms with E-state index in [1.807, 2.05) is 19.1 Å². The van der Waals surface area contributed by atoms with Crippen LogP contribution >= 0.6 is 11.6 Å². The highest BCUT2D eigenvalue weighted by Crippen LogP contribution is 2.23. The molecule has 3 aromatic carbocycles. The molecule has 1 heterocycles. The number of fused-ring (bicyclic) bond motifs is 1. The van der Waals surface area contributed by atoms with Crippen molar-refractivity contribution in [3.8, 4) is 0 Å². The Morgan fingerprint density at radius 2 is 1.71 bits per heavy atom. The van der Waals surface area contributed by atoms with Gasteiger partial charge in [-0.2, -0.15) is 0 Å². The predicted molar refractivity (Wildman–Crippen MR) is 130 cm³/mol. The average Bonchev–Trinajstić information content (AvgIpc) is 2.81. The van der Waals surface area contributed by atoms with Crippen LogP contribution in [0.3, 0.4) is 0 Å². The minimum atomic E-state index is -4.26. The third kappa shape index (κ3) is 4.73. The second-order valence-corrected chi connectivity index (χ2v) is 10.0. The summed E-state index contributed by atoms with van der Waals surface area (Å²) in [5, 5.41) is 2.94. The first-order valence-corrected chi connectivity index (χ1v) is 12.3. The Labute approximate surface area is 200 Å². The lowest BCUT2D eigenvalue weighted by Gasteiger charge is -2.14. The maximum Gasteiger partial charge on any atom is 0.244 e. The summed E-state index contributed by atoms with van der Waals surface area (Å²) in [7, 11) is -4.26. The first-order chi connectivity index (χ1) is 16.2. The smallest absolute Gasteiger partial charge is 0.244 e. The Morgan fingerprint density at radius 1 is 1.03 bits per heavy atom. The number of aryl methyl sites for hydroxylation is 1. The van der Waals surface area contributed by atoms with Crippen LogP contribution in [0, 0.1) is 5.82 Å². The van der Waals surface area contributed by atoms with Crippen molar-refractivity contribution in [1.29, 1.82) is 0 Å². The largest absolute Gasteiger partial charge is 0.336 e. The minimum absolute atomic E-state index is 0.142. The van der Waals surface area contributed by atoms with Crippen LogP contribution < -0.4 is 10.7 Å². The molecule has 0 aliphatic carbocycles. The van der Waals surface area contributed by atoms with Gasteiger partial charge in [0.15, 0.2) is 0 Å². The molecule has 0 aliphatic heterocycles.